The molecule has 0 aliphatic rings. The van der Waals surface area contributed by atoms with Crippen LogP contribution in [0, 0.1) is 25.6 Å². The van der Waals surface area contributed by atoms with E-state index in [1.54, 1.807) is 36.9 Å². The summed E-state index contributed by atoms with van der Waals surface area (Å²) in [7, 11) is 0. The summed E-state index contributed by atoms with van der Waals surface area (Å²) in [4.78, 5) is 12.8. The average Bonchev–Trinajstić information content (AvgIpc) is 2.78. The Kier molecular flexibility index (Phi) is 4.80. The molecule has 2 aromatic rings. The smallest absolute Gasteiger partial charge is 0.308 e. The van der Waals surface area contributed by atoms with E-state index in [9.17, 15) is 9.18 Å². The SMILES string of the molecule is Cc1noc(C)c1CN(CC(C)C(=O)O)c1ccccc1F. The standard InChI is InChI=1S/C16H19FN2O3/c1-10(16(20)21)8-19(15-7-5-4-6-14(15)17)9-13-11(2)18-22-12(13)3/h4-7,10H,8-9H2,1-3H3,(H,20,21). The topological polar surface area (TPSA) is 66.6 Å². The fourth-order valence-corrected chi connectivity index (χ4v) is 2.28. The predicted molar refractivity (Wildman–Crippen MR) is 80.2 cm³/mol. The lowest BCUT2D eigenvalue weighted by atomic mass is 10.1. The maximum Gasteiger partial charge on any atom is 0.308 e. The van der Waals surface area contributed by atoms with E-state index in [0.29, 0.717) is 18.0 Å². The van der Waals surface area contributed by atoms with Gasteiger partial charge in [-0.05, 0) is 26.0 Å². The maximum absolute atomic E-state index is 14.1. The van der Waals surface area contributed by atoms with Crippen LogP contribution in [0.25, 0.3) is 0 Å². The number of anilines is 1. The number of carboxylic acid groups (broad SMARTS) is 1. The van der Waals surface area contributed by atoms with Gasteiger partial charge in [0.15, 0.2) is 0 Å². The van der Waals surface area contributed by atoms with Crippen LogP contribution in [-0.4, -0.2) is 22.8 Å². The number of benzene rings is 1. The van der Waals surface area contributed by atoms with E-state index in [4.69, 9.17) is 9.63 Å². The molecule has 0 radical (unpaired) electrons. The van der Waals surface area contributed by atoms with Crippen molar-refractivity contribution in [2.45, 2.75) is 27.3 Å². The van der Waals surface area contributed by atoms with Gasteiger partial charge < -0.3 is 14.5 Å². The van der Waals surface area contributed by atoms with Crippen molar-refractivity contribution >= 4 is 11.7 Å². The Balaban J connectivity index is 2.33. The van der Waals surface area contributed by atoms with E-state index in [1.807, 2.05) is 6.92 Å². The zero-order valence-electron chi connectivity index (χ0n) is 12.8. The maximum atomic E-state index is 14.1. The Labute approximate surface area is 128 Å². The van der Waals surface area contributed by atoms with E-state index >= 15 is 0 Å². The zero-order valence-corrected chi connectivity index (χ0v) is 12.8. The summed E-state index contributed by atoms with van der Waals surface area (Å²) in [6, 6.07) is 6.33. The fourth-order valence-electron chi connectivity index (χ4n) is 2.28. The van der Waals surface area contributed by atoms with Crippen LogP contribution in [-0.2, 0) is 11.3 Å². The minimum absolute atomic E-state index is 0.195. The second-order valence-electron chi connectivity index (χ2n) is 5.37. The summed E-state index contributed by atoms with van der Waals surface area (Å²) in [6.45, 7) is 5.74. The second kappa shape index (κ2) is 6.60. The van der Waals surface area contributed by atoms with E-state index in [0.717, 1.165) is 11.3 Å². The molecule has 1 unspecified atom stereocenters. The third-order valence-electron chi connectivity index (χ3n) is 3.64. The van der Waals surface area contributed by atoms with Gasteiger partial charge in [-0.3, -0.25) is 4.79 Å². The predicted octanol–water partition coefficient (Wildman–Crippen LogP) is 3.16. The van der Waals surface area contributed by atoms with E-state index in [1.165, 1.54) is 6.07 Å². The van der Waals surface area contributed by atoms with E-state index in [-0.39, 0.29) is 12.4 Å². The number of aromatic nitrogens is 1. The number of nitrogens with zero attached hydrogens (tertiary/aromatic N) is 2. The third kappa shape index (κ3) is 3.44. The van der Waals surface area contributed by atoms with Gasteiger partial charge >= 0.3 is 5.97 Å². The molecule has 0 aliphatic heterocycles. The molecule has 0 saturated carbocycles. The lowest BCUT2D eigenvalue weighted by Gasteiger charge is -2.27. The number of aryl methyl sites for hydroxylation is 2. The fraction of sp³-hybridized carbons (Fsp3) is 0.375. The van der Waals surface area contributed by atoms with Crippen LogP contribution in [0.2, 0.25) is 0 Å². The Morgan fingerprint density at radius 2 is 2.09 bits per heavy atom. The Bertz CT molecular complexity index is 650. The molecule has 1 N–H and O–H groups in total. The Hall–Kier alpha value is -2.37. The van der Waals surface area contributed by atoms with Crippen molar-refractivity contribution in [3.05, 3.63) is 47.1 Å². The molecule has 0 amide bonds. The van der Waals surface area contributed by atoms with Crippen molar-refractivity contribution < 1.29 is 18.8 Å². The molecule has 0 saturated heterocycles. The number of carbonyl (C=O) groups is 1. The Morgan fingerprint density at radius 1 is 1.41 bits per heavy atom. The molecule has 1 atom stereocenters. The summed E-state index contributed by atoms with van der Waals surface area (Å²) in [6.07, 6.45) is 0. The van der Waals surface area contributed by atoms with Gasteiger partial charge in [0.2, 0.25) is 0 Å². The first-order valence-electron chi connectivity index (χ1n) is 7.04. The van der Waals surface area contributed by atoms with Crippen LogP contribution in [0.5, 0.6) is 0 Å². The summed E-state index contributed by atoms with van der Waals surface area (Å²) < 4.78 is 19.2. The number of para-hydroxylation sites is 1. The van der Waals surface area contributed by atoms with Gasteiger partial charge in [0.25, 0.3) is 0 Å². The molecular weight excluding hydrogens is 287 g/mol. The molecule has 22 heavy (non-hydrogen) atoms. The van der Waals surface area contributed by atoms with Crippen LogP contribution in [0.3, 0.4) is 0 Å². The van der Waals surface area contributed by atoms with Gasteiger partial charge in [0, 0.05) is 18.7 Å². The molecule has 2 rings (SSSR count). The highest BCUT2D eigenvalue weighted by Crippen LogP contribution is 2.24. The molecule has 1 aromatic heterocycles. The number of aliphatic carboxylic acids is 1. The van der Waals surface area contributed by atoms with Crippen LogP contribution in [0.4, 0.5) is 10.1 Å². The van der Waals surface area contributed by atoms with Gasteiger partial charge in [-0.1, -0.05) is 24.2 Å². The summed E-state index contributed by atoms with van der Waals surface area (Å²) >= 11 is 0. The van der Waals surface area contributed by atoms with E-state index < -0.39 is 11.9 Å². The summed E-state index contributed by atoms with van der Waals surface area (Å²) in [5.41, 5.74) is 1.94. The second-order valence-corrected chi connectivity index (χ2v) is 5.37. The molecule has 6 heteroatoms. The molecule has 0 spiro atoms. The van der Waals surface area contributed by atoms with Crippen LogP contribution in [0.1, 0.15) is 23.9 Å². The van der Waals surface area contributed by atoms with Crippen molar-refractivity contribution in [2.75, 3.05) is 11.4 Å². The minimum Gasteiger partial charge on any atom is -0.481 e. The highest BCUT2D eigenvalue weighted by Gasteiger charge is 2.21. The minimum atomic E-state index is -0.917. The molecule has 1 heterocycles. The van der Waals surface area contributed by atoms with E-state index in [2.05, 4.69) is 5.16 Å². The van der Waals surface area contributed by atoms with Crippen molar-refractivity contribution in [2.24, 2.45) is 5.92 Å². The van der Waals surface area contributed by atoms with Crippen molar-refractivity contribution in [1.29, 1.82) is 0 Å². The number of hydrogen-bond donors (Lipinski definition) is 1. The zero-order chi connectivity index (χ0) is 16.3. The first-order valence-corrected chi connectivity index (χ1v) is 7.04. The number of hydrogen-bond acceptors (Lipinski definition) is 4. The molecule has 0 aliphatic carbocycles. The van der Waals surface area contributed by atoms with Crippen molar-refractivity contribution in [1.82, 2.24) is 5.16 Å². The quantitative estimate of drug-likeness (QED) is 0.888. The third-order valence-corrected chi connectivity index (χ3v) is 3.64. The van der Waals surface area contributed by atoms with Crippen molar-refractivity contribution in [3.63, 3.8) is 0 Å². The number of carboxylic acids is 1. The largest absolute Gasteiger partial charge is 0.481 e. The summed E-state index contributed by atoms with van der Waals surface area (Å²) in [5.74, 6) is -1.27. The molecule has 5 nitrogen and oxygen atoms in total. The highest BCUT2D eigenvalue weighted by atomic mass is 19.1. The number of halogens is 1. The van der Waals surface area contributed by atoms with Gasteiger partial charge in [0.1, 0.15) is 11.6 Å². The highest BCUT2D eigenvalue weighted by molar-refractivity contribution is 5.70. The first kappa shape index (κ1) is 16.0. The lowest BCUT2D eigenvalue weighted by Crippen LogP contribution is -2.32. The molecule has 1 aromatic carbocycles. The number of rotatable bonds is 6. The van der Waals surface area contributed by atoms with Gasteiger partial charge in [-0.2, -0.15) is 0 Å². The molecule has 118 valence electrons. The van der Waals surface area contributed by atoms with Gasteiger partial charge in [-0.15, -0.1) is 0 Å². The molecular formula is C16H19FN2O3. The Morgan fingerprint density at radius 3 is 2.64 bits per heavy atom. The monoisotopic (exact) mass is 306 g/mol. The lowest BCUT2D eigenvalue weighted by molar-refractivity contribution is -0.140. The normalized spacial score (nSPS) is 12.2. The van der Waals surface area contributed by atoms with Gasteiger partial charge in [-0.25, -0.2) is 4.39 Å². The van der Waals surface area contributed by atoms with Crippen molar-refractivity contribution in [3.8, 4) is 0 Å². The van der Waals surface area contributed by atoms with Gasteiger partial charge in [0.05, 0.1) is 17.3 Å². The van der Waals surface area contributed by atoms with Crippen LogP contribution in [0.15, 0.2) is 28.8 Å². The van der Waals surface area contributed by atoms with Crippen LogP contribution >= 0.6 is 0 Å². The summed E-state index contributed by atoms with van der Waals surface area (Å²) in [5, 5.41) is 13.0. The van der Waals surface area contributed by atoms with Crippen LogP contribution < -0.4 is 4.90 Å². The molecule has 0 bridgehead atoms. The average molecular weight is 306 g/mol. The molecule has 0 fully saturated rings. The first-order chi connectivity index (χ1) is 10.4.